The Labute approximate surface area is 166 Å². The van der Waals surface area contributed by atoms with Crippen molar-refractivity contribution in [3.8, 4) is 0 Å². The third-order valence-electron chi connectivity index (χ3n) is 4.71. The molecule has 0 aromatic carbocycles. The highest BCUT2D eigenvalue weighted by Crippen LogP contribution is 2.25. The van der Waals surface area contributed by atoms with Gasteiger partial charge in [0.05, 0.1) is 18.8 Å². The Morgan fingerprint density at radius 1 is 1.30 bits per heavy atom. The van der Waals surface area contributed by atoms with Gasteiger partial charge < -0.3 is 15.1 Å². The molecule has 1 saturated heterocycles. The molecule has 1 atom stereocenters. The van der Waals surface area contributed by atoms with E-state index in [1.54, 1.807) is 6.26 Å². The summed E-state index contributed by atoms with van der Waals surface area (Å²) in [6, 6.07) is 8.01. The van der Waals surface area contributed by atoms with E-state index < -0.39 is 0 Å². The van der Waals surface area contributed by atoms with E-state index in [2.05, 4.69) is 27.4 Å². The van der Waals surface area contributed by atoms with Gasteiger partial charge in [-0.2, -0.15) is 0 Å². The zero-order valence-electron chi connectivity index (χ0n) is 15.8. The van der Waals surface area contributed by atoms with Crippen molar-refractivity contribution in [3.05, 3.63) is 53.2 Å². The maximum Gasteiger partial charge on any atom is 0.191 e. The SMILES string of the molecule is CCNC(=NCC(c1ccco1)N1CCCC1)NCCc1ccc(Cl)nc1. The molecule has 6 nitrogen and oxygen atoms in total. The molecular formula is C20H28ClN5O. The summed E-state index contributed by atoms with van der Waals surface area (Å²) >= 11 is 5.84. The number of halogens is 1. The summed E-state index contributed by atoms with van der Waals surface area (Å²) in [5, 5.41) is 7.25. The van der Waals surface area contributed by atoms with Crippen LogP contribution in [0.5, 0.6) is 0 Å². The molecule has 1 aliphatic rings. The Hall–Kier alpha value is -2.05. The van der Waals surface area contributed by atoms with E-state index in [0.29, 0.717) is 11.7 Å². The van der Waals surface area contributed by atoms with Crippen LogP contribution in [0.4, 0.5) is 0 Å². The average Bonchev–Trinajstić information content (AvgIpc) is 3.38. The first-order chi connectivity index (χ1) is 13.3. The number of aliphatic imine (C=N–C) groups is 1. The molecule has 2 aromatic heterocycles. The average molecular weight is 390 g/mol. The Kier molecular flexibility index (Phi) is 7.54. The van der Waals surface area contributed by atoms with Crippen molar-refractivity contribution in [3.63, 3.8) is 0 Å². The molecule has 27 heavy (non-hydrogen) atoms. The third-order valence-corrected chi connectivity index (χ3v) is 4.94. The minimum absolute atomic E-state index is 0.193. The van der Waals surface area contributed by atoms with Gasteiger partial charge in [0.15, 0.2) is 5.96 Å². The number of aromatic nitrogens is 1. The lowest BCUT2D eigenvalue weighted by molar-refractivity contribution is 0.221. The lowest BCUT2D eigenvalue weighted by Gasteiger charge is -2.24. The summed E-state index contributed by atoms with van der Waals surface area (Å²) in [7, 11) is 0. The van der Waals surface area contributed by atoms with E-state index in [4.69, 9.17) is 21.0 Å². The fourth-order valence-corrected chi connectivity index (χ4v) is 3.43. The van der Waals surface area contributed by atoms with Gasteiger partial charge in [-0.15, -0.1) is 0 Å². The van der Waals surface area contributed by atoms with Crippen LogP contribution in [0.25, 0.3) is 0 Å². The van der Waals surface area contributed by atoms with Crippen molar-refractivity contribution in [2.75, 3.05) is 32.7 Å². The number of likely N-dealkylation sites (tertiary alicyclic amines) is 1. The first kappa shape index (κ1) is 19.7. The maximum atomic E-state index is 5.84. The van der Waals surface area contributed by atoms with Gasteiger partial charge in [0.2, 0.25) is 0 Å². The van der Waals surface area contributed by atoms with Crippen LogP contribution in [0.1, 0.15) is 37.1 Å². The second-order valence-electron chi connectivity index (χ2n) is 6.66. The molecule has 0 radical (unpaired) electrons. The summed E-state index contributed by atoms with van der Waals surface area (Å²) < 4.78 is 5.68. The van der Waals surface area contributed by atoms with E-state index in [-0.39, 0.29) is 6.04 Å². The number of guanidine groups is 1. The molecule has 1 fully saturated rings. The Balaban J connectivity index is 1.58. The summed E-state index contributed by atoms with van der Waals surface area (Å²) in [5.41, 5.74) is 1.15. The molecule has 0 saturated carbocycles. The molecule has 3 rings (SSSR count). The Morgan fingerprint density at radius 2 is 2.15 bits per heavy atom. The zero-order chi connectivity index (χ0) is 18.9. The lowest BCUT2D eigenvalue weighted by Crippen LogP contribution is -2.39. The summed E-state index contributed by atoms with van der Waals surface area (Å²) in [5.74, 6) is 1.82. The number of furan rings is 1. The number of pyridine rings is 1. The number of hydrogen-bond acceptors (Lipinski definition) is 4. The van der Waals surface area contributed by atoms with Crippen LogP contribution in [0, 0.1) is 0 Å². The standard InChI is InChI=1S/C20H28ClN5O/c1-2-22-20(23-10-9-16-7-8-19(21)24-14-16)25-15-17(18-6-5-13-27-18)26-11-3-4-12-26/h5-8,13-14,17H,2-4,9-12,15H2,1H3,(H2,22,23,25). The summed E-state index contributed by atoms with van der Waals surface area (Å²) in [4.78, 5) is 11.4. The molecular weight excluding hydrogens is 362 g/mol. The molecule has 2 aromatic rings. The van der Waals surface area contributed by atoms with Crippen LogP contribution in [0.2, 0.25) is 5.15 Å². The highest BCUT2D eigenvalue weighted by atomic mass is 35.5. The van der Waals surface area contributed by atoms with Crippen LogP contribution in [-0.2, 0) is 6.42 Å². The zero-order valence-corrected chi connectivity index (χ0v) is 16.6. The first-order valence-electron chi connectivity index (χ1n) is 9.66. The molecule has 0 aliphatic carbocycles. The van der Waals surface area contributed by atoms with Crippen LogP contribution in [0.15, 0.2) is 46.1 Å². The molecule has 0 spiro atoms. The van der Waals surface area contributed by atoms with E-state index in [1.165, 1.54) is 12.8 Å². The Bertz CT molecular complexity index is 696. The van der Waals surface area contributed by atoms with Crippen LogP contribution in [-0.4, -0.2) is 48.6 Å². The summed E-state index contributed by atoms with van der Waals surface area (Å²) in [6.07, 6.45) is 6.91. The molecule has 146 valence electrons. The number of nitrogens with zero attached hydrogens (tertiary/aromatic N) is 3. The molecule has 1 aliphatic heterocycles. The molecule has 0 amide bonds. The van der Waals surface area contributed by atoms with Gasteiger partial charge >= 0.3 is 0 Å². The fraction of sp³-hybridized carbons (Fsp3) is 0.500. The molecule has 2 N–H and O–H groups in total. The van der Waals surface area contributed by atoms with Gasteiger partial charge in [0, 0.05) is 19.3 Å². The normalized spacial score (nSPS) is 16.4. The van der Waals surface area contributed by atoms with Gasteiger partial charge in [-0.1, -0.05) is 17.7 Å². The van der Waals surface area contributed by atoms with Gasteiger partial charge in [-0.3, -0.25) is 9.89 Å². The highest BCUT2D eigenvalue weighted by molar-refractivity contribution is 6.29. The molecule has 1 unspecified atom stereocenters. The monoisotopic (exact) mass is 389 g/mol. The smallest absolute Gasteiger partial charge is 0.191 e. The number of nitrogens with one attached hydrogen (secondary N) is 2. The quantitative estimate of drug-likeness (QED) is 0.412. The van der Waals surface area contributed by atoms with Gasteiger partial charge in [-0.05, 0) is 63.0 Å². The number of hydrogen-bond donors (Lipinski definition) is 2. The fourth-order valence-electron chi connectivity index (χ4n) is 3.32. The van der Waals surface area contributed by atoms with Gasteiger partial charge in [0.25, 0.3) is 0 Å². The van der Waals surface area contributed by atoms with Crippen molar-refractivity contribution in [1.82, 2.24) is 20.5 Å². The van der Waals surface area contributed by atoms with E-state index >= 15 is 0 Å². The Morgan fingerprint density at radius 3 is 2.81 bits per heavy atom. The molecule has 0 bridgehead atoms. The van der Waals surface area contributed by atoms with Gasteiger partial charge in [0.1, 0.15) is 10.9 Å². The maximum absolute atomic E-state index is 5.84. The first-order valence-corrected chi connectivity index (χ1v) is 10.0. The van der Waals surface area contributed by atoms with E-state index in [1.807, 2.05) is 30.5 Å². The molecule has 7 heteroatoms. The topological polar surface area (TPSA) is 65.7 Å². The van der Waals surface area contributed by atoms with Crippen LogP contribution >= 0.6 is 11.6 Å². The predicted molar refractivity (Wildman–Crippen MR) is 109 cm³/mol. The van der Waals surface area contributed by atoms with Gasteiger partial charge in [-0.25, -0.2) is 4.98 Å². The lowest BCUT2D eigenvalue weighted by atomic mass is 10.2. The summed E-state index contributed by atoms with van der Waals surface area (Å²) in [6.45, 7) is 6.56. The third kappa shape index (κ3) is 5.97. The van der Waals surface area contributed by atoms with E-state index in [9.17, 15) is 0 Å². The van der Waals surface area contributed by atoms with Crippen molar-refractivity contribution in [2.24, 2.45) is 4.99 Å². The predicted octanol–water partition coefficient (Wildman–Crippen LogP) is 3.26. The van der Waals surface area contributed by atoms with Crippen molar-refractivity contribution in [2.45, 2.75) is 32.2 Å². The minimum atomic E-state index is 0.193. The van der Waals surface area contributed by atoms with Crippen molar-refractivity contribution < 1.29 is 4.42 Å². The molecule has 3 heterocycles. The second kappa shape index (κ2) is 10.3. The van der Waals surface area contributed by atoms with Crippen LogP contribution in [0.3, 0.4) is 0 Å². The van der Waals surface area contributed by atoms with E-state index in [0.717, 1.165) is 49.9 Å². The largest absolute Gasteiger partial charge is 0.468 e. The highest BCUT2D eigenvalue weighted by Gasteiger charge is 2.25. The van der Waals surface area contributed by atoms with Crippen molar-refractivity contribution in [1.29, 1.82) is 0 Å². The number of rotatable bonds is 8. The second-order valence-corrected chi connectivity index (χ2v) is 7.05. The van der Waals surface area contributed by atoms with Crippen molar-refractivity contribution >= 4 is 17.6 Å². The van der Waals surface area contributed by atoms with Crippen LogP contribution < -0.4 is 10.6 Å². The minimum Gasteiger partial charge on any atom is -0.468 e.